The predicted octanol–water partition coefficient (Wildman–Crippen LogP) is 15.7. The lowest BCUT2D eigenvalue weighted by Crippen LogP contribution is -2.33. The van der Waals surface area contributed by atoms with Crippen molar-refractivity contribution < 1.29 is 25.6 Å². The molecule has 0 fully saturated rings. The molecular formula is C82H94N5+5. The molecule has 0 amide bonds. The molecule has 15 rings (SSSR count). The highest BCUT2D eigenvalue weighted by Gasteiger charge is 2.26. The molecule has 0 spiro atoms. The first kappa shape index (κ1) is 57.9. The van der Waals surface area contributed by atoms with E-state index >= 15 is 0 Å². The summed E-state index contributed by atoms with van der Waals surface area (Å²) in [6, 6.07) is 56.4. The minimum atomic E-state index is -1.20. The first-order chi connectivity index (χ1) is 43.1. The van der Waals surface area contributed by atoms with E-state index < -0.39 is 6.37 Å². The summed E-state index contributed by atoms with van der Waals surface area (Å²) in [4.78, 5) is 0. The third-order valence-corrected chi connectivity index (χ3v) is 19.0. The standard InChI is InChI=1S/3C17H20N.C16H18N.C15H16N/c2*1-13-7-3-6-10-16(13)17-11-14-8-4-5-9-15(14)12-18(17)2;1-13-7-3-5-9-15(13)17-16-10-6-4-8-14(16)11-12-18(17)2;1-12-6-3-4-9-15(12)16-10-13-7-5-8-14(13)11-17(16)2;1-16-11-10-12-8-5-9-14(12)15(16)13-6-3-2-4-7-13/h2*3,6-7,10-12H,4-5,8-9H2,1-2H3;3,5,7,9,11-12H,4,6,8,10H2,1-2H3;3-4,6,9-11H,5,7-8H2,1-2H3;2-4,6-7,10-11H,5,8-9H2,1H3/q5*+1/i8D2;;;;. The largest absolute Gasteiger partial charge is 0.216 e. The van der Waals surface area contributed by atoms with Gasteiger partial charge in [-0.25, -0.2) is 22.8 Å². The van der Waals surface area contributed by atoms with Crippen molar-refractivity contribution in [2.45, 2.75) is 143 Å². The van der Waals surface area contributed by atoms with Crippen molar-refractivity contribution in [2.24, 2.45) is 35.2 Å². The Morgan fingerprint density at radius 2 is 0.621 bits per heavy atom. The minimum absolute atomic E-state index is 0.626. The van der Waals surface area contributed by atoms with Crippen molar-refractivity contribution in [1.82, 2.24) is 0 Å². The van der Waals surface area contributed by atoms with E-state index in [0.29, 0.717) is 6.42 Å². The van der Waals surface area contributed by atoms with Crippen LogP contribution in [-0.2, 0) is 99.4 Å². The Kier molecular flexibility index (Phi) is 18.7. The van der Waals surface area contributed by atoms with Crippen LogP contribution in [0.5, 0.6) is 0 Å². The van der Waals surface area contributed by atoms with E-state index in [1.807, 2.05) is 19.2 Å². The highest BCUT2D eigenvalue weighted by atomic mass is 14.9. The summed E-state index contributed by atoms with van der Waals surface area (Å²) >= 11 is 0. The van der Waals surface area contributed by atoms with Crippen molar-refractivity contribution in [3.05, 3.63) is 267 Å². The SMILES string of the molecule is C[n+]1ccc2c(c1-c1ccccc1)CCC2.Cc1ccccc1-c1c2c(cc[n+]1C)CCCC2.Cc1ccccc1-c1cc2c(c[n+]1C)CCC2.Cc1ccccc1-c1cc2c(c[n+]1C)CCCC2.[2H]C1([2H])CCCc2c[n+](C)c(-c3ccccc3C)cc21. The van der Waals surface area contributed by atoms with Crippen LogP contribution in [0.3, 0.4) is 0 Å². The number of pyridine rings is 5. The van der Waals surface area contributed by atoms with Gasteiger partial charge in [-0.05, 0) is 230 Å². The van der Waals surface area contributed by atoms with Gasteiger partial charge in [-0.3, -0.25) is 0 Å². The molecule has 0 N–H and O–H groups in total. The van der Waals surface area contributed by atoms with Gasteiger partial charge in [-0.1, -0.05) is 91.0 Å². The zero-order chi connectivity index (χ0) is 62.2. The quantitative estimate of drug-likeness (QED) is 0.153. The van der Waals surface area contributed by atoms with E-state index in [2.05, 4.69) is 255 Å². The molecule has 5 nitrogen and oxygen atoms in total. The number of aromatic nitrogens is 5. The third-order valence-electron chi connectivity index (χ3n) is 19.0. The van der Waals surface area contributed by atoms with Gasteiger partial charge in [0, 0.05) is 88.7 Å². The second-order valence-electron chi connectivity index (χ2n) is 25.2. The zero-order valence-electron chi connectivity index (χ0n) is 55.7. The molecule has 5 aromatic heterocycles. The Balaban J connectivity index is 0.000000115. The average Bonchev–Trinajstić information content (AvgIpc) is 4.54. The van der Waals surface area contributed by atoms with Gasteiger partial charge in [0.2, 0.25) is 28.5 Å². The second-order valence-corrected chi connectivity index (χ2v) is 25.2. The van der Waals surface area contributed by atoms with Crippen molar-refractivity contribution in [1.29, 1.82) is 0 Å². The fourth-order valence-corrected chi connectivity index (χ4v) is 14.2. The lowest BCUT2D eigenvalue weighted by Gasteiger charge is -2.17. The minimum Gasteiger partial charge on any atom is -0.201 e. The molecule has 0 radical (unpaired) electrons. The number of hydrogen-bond donors (Lipinski definition) is 0. The van der Waals surface area contributed by atoms with Crippen molar-refractivity contribution in [3.8, 4) is 56.3 Å². The van der Waals surface area contributed by atoms with Crippen molar-refractivity contribution >= 4 is 0 Å². The Hall–Kier alpha value is -8.15. The summed E-state index contributed by atoms with van der Waals surface area (Å²) in [6.45, 7) is 8.68. The van der Waals surface area contributed by atoms with Gasteiger partial charge in [0.25, 0.3) is 0 Å². The number of benzene rings is 5. The molecule has 0 bridgehead atoms. The number of aryl methyl sites for hydroxylation is 17. The molecule has 5 heterocycles. The highest BCUT2D eigenvalue weighted by Crippen LogP contribution is 2.33. The lowest BCUT2D eigenvalue weighted by molar-refractivity contribution is -0.661. The van der Waals surface area contributed by atoms with Gasteiger partial charge < -0.3 is 0 Å². The fourth-order valence-electron chi connectivity index (χ4n) is 14.2. The summed E-state index contributed by atoms with van der Waals surface area (Å²) in [5.74, 6) is 0. The number of rotatable bonds is 5. The van der Waals surface area contributed by atoms with E-state index in [-0.39, 0.29) is 0 Å². The van der Waals surface area contributed by atoms with Crippen molar-refractivity contribution in [3.63, 3.8) is 0 Å². The maximum atomic E-state index is 8.25. The van der Waals surface area contributed by atoms with Crippen LogP contribution in [0.4, 0.5) is 0 Å². The molecule has 0 unspecified atom stereocenters. The van der Waals surface area contributed by atoms with Crippen LogP contribution in [0.25, 0.3) is 56.3 Å². The van der Waals surface area contributed by atoms with Crippen LogP contribution in [0, 0.1) is 27.7 Å². The monoisotopic (exact) mass is 1150 g/mol. The Morgan fingerprint density at radius 1 is 0.287 bits per heavy atom. The third kappa shape index (κ3) is 14.0. The molecule has 5 aliphatic rings. The van der Waals surface area contributed by atoms with Crippen LogP contribution in [0.15, 0.2) is 189 Å². The van der Waals surface area contributed by atoms with Crippen LogP contribution >= 0.6 is 0 Å². The van der Waals surface area contributed by atoms with Gasteiger partial charge >= 0.3 is 0 Å². The molecule has 442 valence electrons. The predicted molar refractivity (Wildman–Crippen MR) is 358 cm³/mol. The van der Waals surface area contributed by atoms with Crippen LogP contribution < -0.4 is 22.8 Å². The van der Waals surface area contributed by atoms with Crippen LogP contribution in [0.1, 0.15) is 132 Å². The topological polar surface area (TPSA) is 19.4 Å². The van der Waals surface area contributed by atoms with Crippen LogP contribution in [-0.4, -0.2) is 0 Å². The number of hydrogen-bond acceptors (Lipinski definition) is 0. The molecule has 0 saturated heterocycles. The smallest absolute Gasteiger partial charge is 0.201 e. The summed E-state index contributed by atoms with van der Waals surface area (Å²) in [6.07, 6.45) is 30.4. The molecule has 0 saturated carbocycles. The lowest BCUT2D eigenvalue weighted by atomic mass is 9.88. The summed E-state index contributed by atoms with van der Waals surface area (Å²) in [5.41, 5.74) is 32.9. The summed E-state index contributed by atoms with van der Waals surface area (Å²) in [7, 11) is 10.7. The first-order valence-electron chi connectivity index (χ1n) is 33.5. The van der Waals surface area contributed by atoms with Gasteiger partial charge in [0.05, 0.1) is 0 Å². The average molecular weight is 1150 g/mol. The molecule has 5 aliphatic carbocycles. The van der Waals surface area contributed by atoms with E-state index in [4.69, 9.17) is 2.74 Å². The van der Waals surface area contributed by atoms with Gasteiger partial charge in [0.1, 0.15) is 35.2 Å². The van der Waals surface area contributed by atoms with E-state index in [0.717, 1.165) is 29.7 Å². The number of fused-ring (bicyclic) bond motifs is 5. The maximum Gasteiger partial charge on any atom is 0.216 e. The second kappa shape index (κ2) is 28.1. The first-order valence-corrected chi connectivity index (χ1v) is 32.5. The molecule has 10 aromatic rings. The summed E-state index contributed by atoms with van der Waals surface area (Å²) < 4.78 is 27.7. The highest BCUT2D eigenvalue weighted by molar-refractivity contribution is 5.67. The fraction of sp³-hybridized carbons (Fsp3) is 0.329. The van der Waals surface area contributed by atoms with Gasteiger partial charge in [-0.15, -0.1) is 0 Å². The molecule has 5 heteroatoms. The Bertz CT molecular complexity index is 4160. The molecule has 5 aromatic carbocycles. The van der Waals surface area contributed by atoms with E-state index in [1.165, 1.54) is 174 Å². The van der Waals surface area contributed by atoms with Crippen molar-refractivity contribution in [2.75, 3.05) is 0 Å². The zero-order valence-corrected chi connectivity index (χ0v) is 53.7. The molecule has 0 aliphatic heterocycles. The van der Waals surface area contributed by atoms with Gasteiger partial charge in [-0.2, -0.15) is 0 Å². The molecule has 87 heavy (non-hydrogen) atoms. The maximum absolute atomic E-state index is 8.25. The Morgan fingerprint density at radius 3 is 1.13 bits per heavy atom. The number of nitrogens with zero attached hydrogens (tertiary/aromatic N) is 5. The van der Waals surface area contributed by atoms with Gasteiger partial charge in [0.15, 0.2) is 31.0 Å². The van der Waals surface area contributed by atoms with E-state index in [9.17, 15) is 0 Å². The molecule has 0 atom stereocenters. The normalized spacial score (nSPS) is 15.0. The summed E-state index contributed by atoms with van der Waals surface area (Å²) in [5, 5.41) is 0. The Labute approximate surface area is 524 Å². The van der Waals surface area contributed by atoms with E-state index in [1.54, 1.807) is 33.4 Å². The molecular weight excluding hydrogens is 1050 g/mol. The van der Waals surface area contributed by atoms with Crippen LogP contribution in [0.2, 0.25) is 0 Å².